The van der Waals surface area contributed by atoms with Crippen LogP contribution in [0.2, 0.25) is 0 Å². The molecule has 0 saturated carbocycles. The van der Waals surface area contributed by atoms with Crippen LogP contribution in [0.5, 0.6) is 0 Å². The predicted molar refractivity (Wildman–Crippen MR) is 62.9 cm³/mol. The van der Waals surface area contributed by atoms with E-state index in [9.17, 15) is 4.79 Å². The zero-order valence-electron chi connectivity index (χ0n) is 9.29. The second-order valence-corrected chi connectivity index (χ2v) is 4.80. The lowest BCUT2D eigenvalue weighted by atomic mass is 10.3. The lowest BCUT2D eigenvalue weighted by Gasteiger charge is -1.96. The fourth-order valence-corrected chi connectivity index (χ4v) is 2.18. The highest BCUT2D eigenvalue weighted by molar-refractivity contribution is 7.14. The minimum absolute atomic E-state index is 0.166. The Labute approximate surface area is 96.9 Å². The van der Waals surface area contributed by atoms with Crippen LogP contribution in [0.15, 0.2) is 6.07 Å². The molecule has 0 saturated heterocycles. The number of nitrogens with one attached hydrogen (secondary N) is 2. The van der Waals surface area contributed by atoms with E-state index in [2.05, 4.69) is 20.5 Å². The van der Waals surface area contributed by atoms with E-state index in [1.165, 1.54) is 11.3 Å². The largest absolute Gasteiger partial charge is 0.288 e. The number of rotatable bonds is 2. The molecule has 0 aliphatic carbocycles. The van der Waals surface area contributed by atoms with E-state index < -0.39 is 0 Å². The van der Waals surface area contributed by atoms with Gasteiger partial charge in [-0.25, -0.2) is 0 Å². The van der Waals surface area contributed by atoms with Crippen molar-refractivity contribution in [1.82, 2.24) is 15.2 Å². The molecule has 0 aromatic carbocycles. The minimum Gasteiger partial charge on any atom is -0.288 e. The average molecular weight is 236 g/mol. The third kappa shape index (κ3) is 2.11. The molecule has 0 radical (unpaired) electrons. The summed E-state index contributed by atoms with van der Waals surface area (Å²) in [6, 6.07) is 1.87. The summed E-state index contributed by atoms with van der Waals surface area (Å²) in [4.78, 5) is 17.6. The maximum Gasteiger partial charge on any atom is 0.268 e. The second-order valence-electron chi connectivity index (χ2n) is 3.55. The number of aryl methyl sites for hydroxylation is 3. The van der Waals surface area contributed by atoms with Crippen LogP contribution in [0.1, 0.15) is 25.9 Å². The van der Waals surface area contributed by atoms with Gasteiger partial charge in [-0.2, -0.15) is 4.98 Å². The number of hydrogen-bond acceptors (Lipinski definition) is 4. The molecule has 5 nitrogen and oxygen atoms in total. The molecule has 0 bridgehead atoms. The van der Waals surface area contributed by atoms with Gasteiger partial charge in [0.15, 0.2) is 0 Å². The van der Waals surface area contributed by atoms with Gasteiger partial charge in [-0.05, 0) is 32.4 Å². The Kier molecular flexibility index (Phi) is 2.74. The summed E-state index contributed by atoms with van der Waals surface area (Å²) < 4.78 is 0. The molecule has 2 aromatic heterocycles. The van der Waals surface area contributed by atoms with Gasteiger partial charge in [0.2, 0.25) is 5.95 Å². The molecule has 16 heavy (non-hydrogen) atoms. The van der Waals surface area contributed by atoms with Crippen LogP contribution in [0.4, 0.5) is 5.95 Å². The van der Waals surface area contributed by atoms with Crippen LogP contribution in [-0.2, 0) is 0 Å². The summed E-state index contributed by atoms with van der Waals surface area (Å²) in [6.45, 7) is 5.76. The van der Waals surface area contributed by atoms with E-state index in [0.717, 1.165) is 10.4 Å². The van der Waals surface area contributed by atoms with E-state index >= 15 is 0 Å². The first kappa shape index (κ1) is 10.8. The monoisotopic (exact) mass is 236 g/mol. The molecule has 0 spiro atoms. The molecule has 0 atom stereocenters. The Morgan fingerprint density at radius 1 is 1.44 bits per heavy atom. The molecule has 2 aromatic rings. The maximum absolute atomic E-state index is 11.8. The number of thiophene rings is 1. The number of aromatic amines is 1. The summed E-state index contributed by atoms with van der Waals surface area (Å²) in [6.07, 6.45) is 0. The molecule has 0 aliphatic heterocycles. The smallest absolute Gasteiger partial charge is 0.268 e. The topological polar surface area (TPSA) is 70.7 Å². The van der Waals surface area contributed by atoms with Crippen LogP contribution in [0.3, 0.4) is 0 Å². The first-order valence-corrected chi connectivity index (χ1v) is 5.65. The summed E-state index contributed by atoms with van der Waals surface area (Å²) >= 11 is 1.47. The standard InChI is InChI=1S/C10H12N4OS/c1-5-4-8(16-6(5)2)9(15)12-10-11-7(3)13-14-10/h4H,1-3H3,(H2,11,12,13,14,15). The molecule has 0 fully saturated rings. The lowest BCUT2D eigenvalue weighted by Crippen LogP contribution is -2.11. The third-order valence-electron chi connectivity index (χ3n) is 2.21. The first-order chi connectivity index (χ1) is 7.56. The van der Waals surface area contributed by atoms with E-state index in [-0.39, 0.29) is 5.91 Å². The summed E-state index contributed by atoms with van der Waals surface area (Å²) in [5.41, 5.74) is 1.13. The van der Waals surface area contributed by atoms with E-state index in [1.54, 1.807) is 6.92 Å². The van der Waals surface area contributed by atoms with Crippen LogP contribution in [0.25, 0.3) is 0 Å². The Morgan fingerprint density at radius 2 is 2.19 bits per heavy atom. The van der Waals surface area contributed by atoms with E-state index in [0.29, 0.717) is 16.6 Å². The molecular formula is C10H12N4OS. The van der Waals surface area contributed by atoms with E-state index in [1.807, 2.05) is 19.9 Å². The number of carbonyl (C=O) groups excluding carboxylic acids is 1. The van der Waals surface area contributed by atoms with Crippen molar-refractivity contribution in [2.45, 2.75) is 20.8 Å². The van der Waals surface area contributed by atoms with Gasteiger partial charge in [0, 0.05) is 4.88 Å². The number of anilines is 1. The maximum atomic E-state index is 11.8. The van der Waals surface area contributed by atoms with Gasteiger partial charge in [0.05, 0.1) is 4.88 Å². The Balaban J connectivity index is 2.14. The van der Waals surface area contributed by atoms with Gasteiger partial charge >= 0.3 is 0 Å². The number of H-pyrrole nitrogens is 1. The number of nitrogens with zero attached hydrogens (tertiary/aromatic N) is 2. The number of hydrogen-bond donors (Lipinski definition) is 2. The fourth-order valence-electron chi connectivity index (χ4n) is 1.25. The van der Waals surface area contributed by atoms with Crippen molar-refractivity contribution >= 4 is 23.2 Å². The molecule has 6 heteroatoms. The molecule has 1 amide bonds. The zero-order valence-corrected chi connectivity index (χ0v) is 10.1. The molecular weight excluding hydrogens is 224 g/mol. The lowest BCUT2D eigenvalue weighted by molar-refractivity contribution is 0.102. The highest BCUT2D eigenvalue weighted by Gasteiger charge is 2.12. The van der Waals surface area contributed by atoms with Gasteiger partial charge in [0.1, 0.15) is 5.82 Å². The van der Waals surface area contributed by atoms with Crippen molar-refractivity contribution in [3.8, 4) is 0 Å². The Hall–Kier alpha value is -1.69. The van der Waals surface area contributed by atoms with Crippen LogP contribution >= 0.6 is 11.3 Å². The highest BCUT2D eigenvalue weighted by atomic mass is 32.1. The predicted octanol–water partition coefficient (Wildman–Crippen LogP) is 2.04. The SMILES string of the molecule is Cc1nc(NC(=O)c2cc(C)c(C)s2)n[nH]1. The molecule has 2 rings (SSSR count). The van der Waals surface area contributed by atoms with Crippen molar-refractivity contribution in [2.24, 2.45) is 0 Å². The van der Waals surface area contributed by atoms with E-state index in [4.69, 9.17) is 0 Å². The van der Waals surface area contributed by atoms with Crippen molar-refractivity contribution in [1.29, 1.82) is 0 Å². The number of aromatic nitrogens is 3. The summed E-state index contributed by atoms with van der Waals surface area (Å²) in [5, 5.41) is 9.15. The van der Waals surface area contributed by atoms with Crippen LogP contribution in [0, 0.1) is 20.8 Å². The number of carbonyl (C=O) groups is 1. The minimum atomic E-state index is -0.166. The number of amides is 1. The zero-order chi connectivity index (χ0) is 11.7. The van der Waals surface area contributed by atoms with Gasteiger partial charge in [-0.1, -0.05) is 0 Å². The van der Waals surface area contributed by atoms with Crippen molar-refractivity contribution in [2.75, 3.05) is 5.32 Å². The first-order valence-electron chi connectivity index (χ1n) is 4.83. The van der Waals surface area contributed by atoms with Crippen LogP contribution in [-0.4, -0.2) is 21.1 Å². The summed E-state index contributed by atoms with van der Waals surface area (Å²) in [7, 11) is 0. The highest BCUT2D eigenvalue weighted by Crippen LogP contribution is 2.21. The van der Waals surface area contributed by atoms with Crippen molar-refractivity contribution in [3.05, 3.63) is 27.2 Å². The van der Waals surface area contributed by atoms with Crippen molar-refractivity contribution in [3.63, 3.8) is 0 Å². The van der Waals surface area contributed by atoms with Gasteiger partial charge in [-0.3, -0.25) is 15.2 Å². The van der Waals surface area contributed by atoms with Gasteiger partial charge in [-0.15, -0.1) is 16.4 Å². The molecule has 0 unspecified atom stereocenters. The summed E-state index contributed by atoms with van der Waals surface area (Å²) in [5.74, 6) is 0.820. The van der Waals surface area contributed by atoms with Crippen LogP contribution < -0.4 is 5.32 Å². The normalized spacial score (nSPS) is 10.4. The third-order valence-corrected chi connectivity index (χ3v) is 3.36. The van der Waals surface area contributed by atoms with Gasteiger partial charge in [0.25, 0.3) is 5.91 Å². The average Bonchev–Trinajstić information content (AvgIpc) is 2.75. The molecule has 2 heterocycles. The molecule has 2 N–H and O–H groups in total. The molecule has 84 valence electrons. The van der Waals surface area contributed by atoms with Crippen molar-refractivity contribution < 1.29 is 4.79 Å². The molecule has 0 aliphatic rings. The Bertz CT molecular complexity index is 509. The fraction of sp³-hybridized carbons (Fsp3) is 0.300. The Morgan fingerprint density at radius 3 is 2.69 bits per heavy atom. The quantitative estimate of drug-likeness (QED) is 0.838. The van der Waals surface area contributed by atoms with Gasteiger partial charge < -0.3 is 0 Å². The second kappa shape index (κ2) is 4.05.